The Balaban J connectivity index is 1.28. The summed E-state index contributed by atoms with van der Waals surface area (Å²) in [7, 11) is 0. The minimum Gasteiger partial charge on any atom is -0.355 e. The van der Waals surface area contributed by atoms with Crippen LogP contribution in [-0.2, 0) is 9.59 Å². The lowest BCUT2D eigenvalue weighted by molar-refractivity contribution is -0.126. The van der Waals surface area contributed by atoms with Crippen molar-refractivity contribution in [3.63, 3.8) is 0 Å². The summed E-state index contributed by atoms with van der Waals surface area (Å²) in [5.41, 5.74) is 2.84. The van der Waals surface area contributed by atoms with Gasteiger partial charge < -0.3 is 15.6 Å². The van der Waals surface area contributed by atoms with Crippen LogP contribution in [0.2, 0.25) is 0 Å². The maximum absolute atomic E-state index is 13.3. The minimum absolute atomic E-state index is 0.0672. The highest BCUT2D eigenvalue weighted by molar-refractivity contribution is 5.91. The zero-order valence-corrected chi connectivity index (χ0v) is 16.7. The van der Waals surface area contributed by atoms with E-state index in [-0.39, 0.29) is 30.0 Å². The predicted molar refractivity (Wildman–Crippen MR) is 114 cm³/mol. The number of fused-ring (bicyclic) bond motifs is 1. The molecule has 0 unspecified atom stereocenters. The van der Waals surface area contributed by atoms with Crippen molar-refractivity contribution < 1.29 is 14.0 Å². The van der Waals surface area contributed by atoms with Gasteiger partial charge in [0.25, 0.3) is 0 Å². The lowest BCUT2D eigenvalue weighted by atomic mass is 9.89. The van der Waals surface area contributed by atoms with Gasteiger partial charge in [0.05, 0.1) is 11.0 Å². The Morgan fingerprint density at radius 1 is 1.07 bits per heavy atom. The Labute approximate surface area is 174 Å². The van der Waals surface area contributed by atoms with E-state index in [2.05, 4.69) is 20.6 Å². The fourth-order valence-electron chi connectivity index (χ4n) is 3.86. The number of anilines is 1. The average molecular weight is 408 g/mol. The smallest absolute Gasteiger partial charge is 0.226 e. The van der Waals surface area contributed by atoms with Gasteiger partial charge in [-0.3, -0.25) is 9.59 Å². The number of nitrogens with zero attached hydrogens (tertiary/aromatic N) is 1. The SMILES string of the molecule is O=C(CCNC(=O)C1CCCCC1)Nc1ccc(-c2nc3ccc(F)cc3[nH]2)cc1. The predicted octanol–water partition coefficient (Wildman–Crippen LogP) is 4.39. The van der Waals surface area contributed by atoms with Crippen molar-refractivity contribution in [3.8, 4) is 11.4 Å². The van der Waals surface area contributed by atoms with Gasteiger partial charge in [-0.25, -0.2) is 9.37 Å². The summed E-state index contributed by atoms with van der Waals surface area (Å²) in [5, 5.41) is 5.71. The van der Waals surface area contributed by atoms with Crippen molar-refractivity contribution in [3.05, 3.63) is 48.3 Å². The molecule has 4 rings (SSSR count). The number of H-pyrrole nitrogens is 1. The molecule has 0 saturated heterocycles. The molecule has 1 fully saturated rings. The quantitative estimate of drug-likeness (QED) is 0.565. The third-order valence-corrected chi connectivity index (χ3v) is 5.51. The summed E-state index contributed by atoms with van der Waals surface area (Å²) >= 11 is 0. The van der Waals surface area contributed by atoms with E-state index < -0.39 is 0 Å². The lowest BCUT2D eigenvalue weighted by Crippen LogP contribution is -2.34. The topological polar surface area (TPSA) is 86.9 Å². The number of aromatic nitrogens is 2. The molecule has 1 aliphatic carbocycles. The van der Waals surface area contributed by atoms with Crippen LogP contribution >= 0.6 is 0 Å². The zero-order chi connectivity index (χ0) is 20.9. The monoisotopic (exact) mass is 408 g/mol. The number of halogens is 1. The first-order chi connectivity index (χ1) is 14.6. The summed E-state index contributed by atoms with van der Waals surface area (Å²) in [6.45, 7) is 0.342. The maximum Gasteiger partial charge on any atom is 0.226 e. The Kier molecular flexibility index (Phi) is 6.07. The highest BCUT2D eigenvalue weighted by Gasteiger charge is 2.20. The molecular formula is C23H25FN4O2. The molecule has 0 atom stereocenters. The number of aromatic amines is 1. The summed E-state index contributed by atoms with van der Waals surface area (Å²) in [6, 6.07) is 11.7. The van der Waals surface area contributed by atoms with E-state index in [1.807, 2.05) is 12.1 Å². The average Bonchev–Trinajstić information content (AvgIpc) is 3.18. The number of hydrogen-bond acceptors (Lipinski definition) is 3. The minimum atomic E-state index is -0.314. The summed E-state index contributed by atoms with van der Waals surface area (Å²) in [6.07, 6.45) is 5.56. The van der Waals surface area contributed by atoms with Crippen LogP contribution in [0.3, 0.4) is 0 Å². The number of benzene rings is 2. The molecule has 3 N–H and O–H groups in total. The van der Waals surface area contributed by atoms with Gasteiger partial charge in [0, 0.05) is 30.1 Å². The van der Waals surface area contributed by atoms with Gasteiger partial charge in [0.15, 0.2) is 0 Å². The molecule has 0 aliphatic heterocycles. The molecule has 1 saturated carbocycles. The highest BCUT2D eigenvalue weighted by Crippen LogP contribution is 2.24. The Hall–Kier alpha value is -3.22. The molecule has 7 heteroatoms. The van der Waals surface area contributed by atoms with Crippen LogP contribution in [-0.4, -0.2) is 28.3 Å². The van der Waals surface area contributed by atoms with Crippen LogP contribution in [0.25, 0.3) is 22.4 Å². The van der Waals surface area contributed by atoms with E-state index in [1.165, 1.54) is 18.6 Å². The molecular weight excluding hydrogens is 383 g/mol. The zero-order valence-electron chi connectivity index (χ0n) is 16.7. The first kappa shape index (κ1) is 20.1. The number of hydrogen-bond donors (Lipinski definition) is 3. The van der Waals surface area contributed by atoms with Gasteiger partial charge in [-0.1, -0.05) is 19.3 Å². The van der Waals surface area contributed by atoms with Crippen LogP contribution in [0.5, 0.6) is 0 Å². The second-order valence-electron chi connectivity index (χ2n) is 7.75. The van der Waals surface area contributed by atoms with Crippen LogP contribution in [0, 0.1) is 11.7 Å². The van der Waals surface area contributed by atoms with Gasteiger partial charge in [-0.05, 0) is 55.3 Å². The van der Waals surface area contributed by atoms with E-state index >= 15 is 0 Å². The number of amides is 2. The van der Waals surface area contributed by atoms with Gasteiger partial charge in [0.2, 0.25) is 11.8 Å². The fourth-order valence-corrected chi connectivity index (χ4v) is 3.86. The Bertz CT molecular complexity index is 1040. The molecule has 3 aromatic rings. The van der Waals surface area contributed by atoms with E-state index in [0.29, 0.717) is 29.1 Å². The van der Waals surface area contributed by atoms with E-state index in [4.69, 9.17) is 0 Å². The van der Waals surface area contributed by atoms with Crippen molar-refractivity contribution in [2.45, 2.75) is 38.5 Å². The van der Waals surface area contributed by atoms with Crippen LogP contribution in [0.15, 0.2) is 42.5 Å². The first-order valence-corrected chi connectivity index (χ1v) is 10.4. The van der Waals surface area contributed by atoms with Crippen LogP contribution in [0.4, 0.5) is 10.1 Å². The number of nitrogens with one attached hydrogen (secondary N) is 3. The van der Waals surface area contributed by atoms with Gasteiger partial charge >= 0.3 is 0 Å². The molecule has 0 spiro atoms. The standard InChI is InChI=1S/C23H25FN4O2/c24-17-8-11-19-20(14-17)28-22(27-19)15-6-9-18(10-7-15)26-21(29)12-13-25-23(30)16-4-2-1-3-5-16/h6-11,14,16H,1-5,12-13H2,(H,25,30)(H,26,29)(H,27,28). The summed E-state index contributed by atoms with van der Waals surface area (Å²) < 4.78 is 13.3. The maximum atomic E-state index is 13.3. The van der Waals surface area contributed by atoms with Crippen LogP contribution in [0.1, 0.15) is 38.5 Å². The van der Waals surface area contributed by atoms with Gasteiger partial charge in [-0.15, -0.1) is 0 Å². The molecule has 0 radical (unpaired) electrons. The second kappa shape index (κ2) is 9.07. The van der Waals surface area contributed by atoms with Gasteiger partial charge in [0.1, 0.15) is 11.6 Å². The number of carbonyl (C=O) groups excluding carboxylic acids is 2. The largest absolute Gasteiger partial charge is 0.355 e. The van der Waals surface area contributed by atoms with Crippen molar-refractivity contribution in [2.75, 3.05) is 11.9 Å². The lowest BCUT2D eigenvalue weighted by Gasteiger charge is -2.20. The van der Waals surface area contributed by atoms with Crippen molar-refractivity contribution in [1.29, 1.82) is 0 Å². The normalized spacial score (nSPS) is 14.6. The highest BCUT2D eigenvalue weighted by atomic mass is 19.1. The second-order valence-corrected chi connectivity index (χ2v) is 7.75. The first-order valence-electron chi connectivity index (χ1n) is 10.4. The third kappa shape index (κ3) is 4.84. The Morgan fingerprint density at radius 3 is 2.60 bits per heavy atom. The number of carbonyl (C=O) groups is 2. The third-order valence-electron chi connectivity index (χ3n) is 5.51. The van der Waals surface area contributed by atoms with Crippen molar-refractivity contribution in [2.24, 2.45) is 5.92 Å². The van der Waals surface area contributed by atoms with E-state index in [1.54, 1.807) is 18.2 Å². The number of rotatable bonds is 6. The molecule has 1 heterocycles. The molecule has 0 bridgehead atoms. The van der Waals surface area contributed by atoms with E-state index in [9.17, 15) is 14.0 Å². The molecule has 30 heavy (non-hydrogen) atoms. The molecule has 156 valence electrons. The van der Waals surface area contributed by atoms with Crippen LogP contribution < -0.4 is 10.6 Å². The molecule has 2 amide bonds. The molecule has 1 aromatic heterocycles. The fraction of sp³-hybridized carbons (Fsp3) is 0.348. The molecule has 2 aromatic carbocycles. The van der Waals surface area contributed by atoms with Gasteiger partial charge in [-0.2, -0.15) is 0 Å². The molecule has 1 aliphatic rings. The van der Waals surface area contributed by atoms with E-state index in [0.717, 1.165) is 31.2 Å². The number of imidazole rings is 1. The summed E-state index contributed by atoms with van der Waals surface area (Å²) in [4.78, 5) is 31.8. The summed E-state index contributed by atoms with van der Waals surface area (Å²) in [5.74, 6) is 0.345. The Morgan fingerprint density at radius 2 is 1.83 bits per heavy atom. The van der Waals surface area contributed by atoms with Crippen molar-refractivity contribution in [1.82, 2.24) is 15.3 Å². The van der Waals surface area contributed by atoms with Crippen molar-refractivity contribution >= 4 is 28.5 Å². The molecule has 6 nitrogen and oxygen atoms in total.